The van der Waals surface area contributed by atoms with Gasteiger partial charge >= 0.3 is 0 Å². The lowest BCUT2D eigenvalue weighted by Gasteiger charge is -1.90. The van der Waals surface area contributed by atoms with E-state index in [1.807, 2.05) is 0 Å². The molecule has 1 atom stereocenters. The van der Waals surface area contributed by atoms with E-state index in [1.165, 1.54) is 10.9 Å². The second-order valence-electron chi connectivity index (χ2n) is 1.91. The van der Waals surface area contributed by atoms with Crippen LogP contribution in [0.4, 0.5) is 0 Å². The van der Waals surface area contributed by atoms with E-state index in [-0.39, 0.29) is 24.0 Å². The average Bonchev–Trinajstić information content (AvgIpc) is 1.64. The minimum Gasteiger partial charge on any atom is -0.107 e. The van der Waals surface area contributed by atoms with Gasteiger partial charge in [-0.25, -0.2) is 0 Å². The number of benzene rings is 1. The molecular formula is C7H10IP. The molecule has 0 aliphatic rings. The summed E-state index contributed by atoms with van der Waals surface area (Å²) in [7, 11) is 2.66. The van der Waals surface area contributed by atoms with Crippen LogP contribution in [0.15, 0.2) is 24.3 Å². The van der Waals surface area contributed by atoms with Gasteiger partial charge in [0.15, 0.2) is 0 Å². The first-order chi connectivity index (χ1) is 3.79. The summed E-state index contributed by atoms with van der Waals surface area (Å²) < 4.78 is 0. The van der Waals surface area contributed by atoms with Crippen molar-refractivity contribution in [2.24, 2.45) is 0 Å². The fourth-order valence-electron chi connectivity index (χ4n) is 0.670. The van der Waals surface area contributed by atoms with E-state index in [0.717, 1.165) is 0 Å². The van der Waals surface area contributed by atoms with E-state index in [2.05, 4.69) is 40.4 Å². The van der Waals surface area contributed by atoms with Gasteiger partial charge in [0.2, 0.25) is 0 Å². The van der Waals surface area contributed by atoms with Crippen LogP contribution in [0.5, 0.6) is 0 Å². The second-order valence-corrected chi connectivity index (χ2v) is 2.58. The molecule has 0 fully saturated rings. The summed E-state index contributed by atoms with van der Waals surface area (Å²) in [6, 6.07) is 8.34. The summed E-state index contributed by atoms with van der Waals surface area (Å²) in [5.41, 5.74) is 1.32. The third kappa shape index (κ3) is 3.17. The summed E-state index contributed by atoms with van der Waals surface area (Å²) in [6.07, 6.45) is 0. The van der Waals surface area contributed by atoms with Crippen LogP contribution in [0.3, 0.4) is 0 Å². The molecule has 0 N–H and O–H groups in total. The van der Waals surface area contributed by atoms with E-state index in [1.54, 1.807) is 0 Å². The molecule has 50 valence electrons. The van der Waals surface area contributed by atoms with Gasteiger partial charge in [-0.05, 0) is 12.2 Å². The Bertz CT molecular complexity index is 169. The van der Waals surface area contributed by atoms with Gasteiger partial charge in [0.05, 0.1) is 0 Å². The first-order valence-corrected chi connectivity index (χ1v) is 3.19. The second kappa shape index (κ2) is 4.24. The lowest BCUT2D eigenvalue weighted by molar-refractivity contribution is 1.50. The van der Waals surface area contributed by atoms with Crippen molar-refractivity contribution in [3.8, 4) is 0 Å². The smallest absolute Gasteiger partial charge is 0.0300 e. The fraction of sp³-hybridized carbons (Fsp3) is 0.143. The molecule has 9 heavy (non-hydrogen) atoms. The molecule has 0 aliphatic heterocycles. The Balaban J connectivity index is 0.000000640. The maximum absolute atomic E-state index is 2.66. The number of rotatable bonds is 0. The predicted octanol–water partition coefficient (Wildman–Crippen LogP) is 2.11. The fourth-order valence-corrected chi connectivity index (χ4v) is 1.04. The highest BCUT2D eigenvalue weighted by Gasteiger charge is 1.80. The normalized spacial score (nSPS) is 8.22. The van der Waals surface area contributed by atoms with E-state index in [9.17, 15) is 0 Å². The number of halogens is 1. The molecule has 1 rings (SSSR count). The zero-order valence-corrected chi connectivity index (χ0v) is 8.78. The Labute approximate surface area is 75.3 Å². The molecule has 0 radical (unpaired) electrons. The molecular weight excluding hydrogens is 242 g/mol. The van der Waals surface area contributed by atoms with Gasteiger partial charge in [-0.2, -0.15) is 0 Å². The van der Waals surface area contributed by atoms with Gasteiger partial charge in [0.1, 0.15) is 0 Å². The van der Waals surface area contributed by atoms with Crippen molar-refractivity contribution >= 4 is 38.5 Å². The molecule has 2 heteroatoms. The van der Waals surface area contributed by atoms with Crippen molar-refractivity contribution < 1.29 is 0 Å². The van der Waals surface area contributed by atoms with Gasteiger partial charge in [-0.3, -0.25) is 0 Å². The summed E-state index contributed by atoms with van der Waals surface area (Å²) in [6.45, 7) is 2.09. The Hall–Kier alpha value is 0.380. The highest BCUT2D eigenvalue weighted by atomic mass is 127. The van der Waals surface area contributed by atoms with Crippen molar-refractivity contribution in [2.75, 3.05) is 0 Å². The lowest BCUT2D eigenvalue weighted by Crippen LogP contribution is -1.87. The van der Waals surface area contributed by atoms with Gasteiger partial charge in [-0.1, -0.05) is 29.8 Å². The van der Waals surface area contributed by atoms with Gasteiger partial charge in [0.25, 0.3) is 0 Å². The maximum atomic E-state index is 2.66. The van der Waals surface area contributed by atoms with Crippen LogP contribution in [-0.2, 0) is 0 Å². The molecule has 0 saturated carbocycles. The summed E-state index contributed by atoms with van der Waals surface area (Å²) in [5.74, 6) is 0. The largest absolute Gasteiger partial charge is 0.107 e. The summed E-state index contributed by atoms with van der Waals surface area (Å²) in [4.78, 5) is 0. The third-order valence-corrected chi connectivity index (χ3v) is 1.40. The zero-order valence-electron chi connectivity index (χ0n) is 5.29. The van der Waals surface area contributed by atoms with Crippen molar-refractivity contribution in [3.63, 3.8) is 0 Å². The minimum atomic E-state index is 0. The lowest BCUT2D eigenvalue weighted by atomic mass is 10.2. The third-order valence-electron chi connectivity index (χ3n) is 1.04. The van der Waals surface area contributed by atoms with Crippen molar-refractivity contribution in [3.05, 3.63) is 29.8 Å². The van der Waals surface area contributed by atoms with Gasteiger partial charge < -0.3 is 0 Å². The molecule has 1 aromatic rings. The average molecular weight is 252 g/mol. The first kappa shape index (κ1) is 9.38. The van der Waals surface area contributed by atoms with Gasteiger partial charge in [0, 0.05) is 0 Å². The van der Waals surface area contributed by atoms with Crippen molar-refractivity contribution in [1.29, 1.82) is 0 Å². The van der Waals surface area contributed by atoms with Crippen molar-refractivity contribution in [2.45, 2.75) is 6.92 Å². The van der Waals surface area contributed by atoms with Gasteiger partial charge in [-0.15, -0.1) is 33.2 Å². The zero-order chi connectivity index (χ0) is 5.98. The highest BCUT2D eigenvalue weighted by Crippen LogP contribution is 1.95. The predicted molar refractivity (Wildman–Crippen MR) is 55.9 cm³/mol. The van der Waals surface area contributed by atoms with Crippen LogP contribution < -0.4 is 5.30 Å². The molecule has 0 nitrogen and oxygen atoms in total. The first-order valence-electron chi connectivity index (χ1n) is 2.61. The Kier molecular flexibility index (Phi) is 4.41. The van der Waals surface area contributed by atoms with Crippen LogP contribution in [0.1, 0.15) is 5.56 Å². The van der Waals surface area contributed by atoms with E-state index >= 15 is 0 Å². The molecule has 1 aromatic carbocycles. The number of hydrogen-bond acceptors (Lipinski definition) is 0. The minimum absolute atomic E-state index is 0. The van der Waals surface area contributed by atoms with Crippen LogP contribution in [0.2, 0.25) is 0 Å². The topological polar surface area (TPSA) is 0 Å². The molecule has 0 bridgehead atoms. The van der Waals surface area contributed by atoms with E-state index in [0.29, 0.717) is 0 Å². The maximum Gasteiger partial charge on any atom is -0.0300 e. The Morgan fingerprint density at radius 1 is 1.33 bits per heavy atom. The van der Waals surface area contributed by atoms with Crippen LogP contribution in [-0.4, -0.2) is 0 Å². The number of aryl methyl sites for hydroxylation is 1. The molecule has 0 aliphatic carbocycles. The van der Waals surface area contributed by atoms with Crippen LogP contribution in [0, 0.1) is 6.92 Å². The van der Waals surface area contributed by atoms with Crippen LogP contribution >= 0.6 is 33.2 Å². The Morgan fingerprint density at radius 2 is 2.00 bits per heavy atom. The Morgan fingerprint density at radius 3 is 2.33 bits per heavy atom. The number of hydrogen-bond donors (Lipinski definition) is 0. The highest BCUT2D eigenvalue weighted by molar-refractivity contribution is 14.0. The monoisotopic (exact) mass is 252 g/mol. The SMILES string of the molecule is Cc1cccc(P)c1.I. The molecule has 0 spiro atoms. The molecule has 0 amide bonds. The van der Waals surface area contributed by atoms with Crippen molar-refractivity contribution in [1.82, 2.24) is 0 Å². The summed E-state index contributed by atoms with van der Waals surface area (Å²) >= 11 is 0. The van der Waals surface area contributed by atoms with Crippen LogP contribution in [0.25, 0.3) is 0 Å². The molecule has 1 unspecified atom stereocenters. The quantitative estimate of drug-likeness (QED) is 0.490. The standard InChI is InChI=1S/C7H9P.HI/c1-6-3-2-4-7(8)5-6;/h2-5H,8H2,1H3;1H. The summed E-state index contributed by atoms with van der Waals surface area (Å²) in [5, 5.41) is 1.25. The molecule has 0 saturated heterocycles. The van der Waals surface area contributed by atoms with E-state index < -0.39 is 0 Å². The molecule has 0 heterocycles. The molecule has 0 aromatic heterocycles. The van der Waals surface area contributed by atoms with E-state index in [4.69, 9.17) is 0 Å².